The molecule has 0 spiro atoms. The van der Waals surface area contributed by atoms with Gasteiger partial charge in [0.2, 0.25) is 0 Å². The average molecular weight is 228 g/mol. The minimum absolute atomic E-state index is 0.556. The predicted octanol–water partition coefficient (Wildman–Crippen LogP) is 3.28. The van der Waals surface area contributed by atoms with Crippen LogP contribution in [0, 0.1) is 5.41 Å². The molecule has 0 heterocycles. The third kappa shape index (κ3) is 1.84. The molecule has 2 rings (SSSR count). The molecule has 0 bridgehead atoms. The van der Waals surface area contributed by atoms with Crippen LogP contribution in [-0.4, -0.2) is 19.9 Å². The van der Waals surface area contributed by atoms with Gasteiger partial charge in [-0.25, -0.2) is 0 Å². The van der Waals surface area contributed by atoms with Gasteiger partial charge in [-0.05, 0) is 25.1 Å². The first-order valence-electron chi connectivity index (χ1n) is 5.52. The van der Waals surface area contributed by atoms with Crippen LogP contribution in [0.25, 0.3) is 10.8 Å². The molecule has 17 heavy (non-hydrogen) atoms. The maximum Gasteiger partial charge on any atom is 0.126 e. The summed E-state index contributed by atoms with van der Waals surface area (Å²) in [6.07, 6.45) is 0. The average Bonchev–Trinajstić information content (AvgIpc) is 2.36. The monoisotopic (exact) mass is 228 g/mol. The second-order valence-corrected chi connectivity index (χ2v) is 3.92. The van der Waals surface area contributed by atoms with Gasteiger partial charge >= 0.3 is 0 Å². The Bertz CT molecular complexity index is 576. The van der Waals surface area contributed by atoms with Gasteiger partial charge in [0.05, 0.1) is 7.11 Å². The molecule has 0 saturated carbocycles. The fraction of sp³-hybridized carbons (Fsp3) is 0.214. The highest BCUT2D eigenvalue weighted by Crippen LogP contribution is 2.33. The van der Waals surface area contributed by atoms with Crippen LogP contribution in [0.3, 0.4) is 0 Å². The molecule has 2 aromatic carbocycles. The van der Waals surface area contributed by atoms with Gasteiger partial charge in [0.15, 0.2) is 0 Å². The van der Waals surface area contributed by atoms with Crippen LogP contribution in [0.15, 0.2) is 30.3 Å². The zero-order valence-corrected chi connectivity index (χ0v) is 10.3. The van der Waals surface area contributed by atoms with Gasteiger partial charge in [-0.15, -0.1) is 0 Å². The van der Waals surface area contributed by atoms with Gasteiger partial charge in [0.1, 0.15) is 5.75 Å². The Balaban J connectivity index is 2.90. The summed E-state index contributed by atoms with van der Waals surface area (Å²) in [6, 6.07) is 9.86. The normalized spacial score (nSPS) is 10.3. The lowest BCUT2D eigenvalue weighted by Gasteiger charge is -2.13. The second-order valence-electron chi connectivity index (χ2n) is 3.92. The Labute approximate surface area is 101 Å². The number of ether oxygens (including phenoxy) is 1. The van der Waals surface area contributed by atoms with E-state index in [2.05, 4.69) is 5.32 Å². The number of hydrogen-bond donors (Lipinski definition) is 2. The summed E-state index contributed by atoms with van der Waals surface area (Å²) >= 11 is 0. The zero-order valence-electron chi connectivity index (χ0n) is 10.3. The molecule has 88 valence electrons. The van der Waals surface area contributed by atoms with E-state index in [1.807, 2.05) is 37.4 Å². The van der Waals surface area contributed by atoms with Crippen molar-refractivity contribution in [3.8, 4) is 5.75 Å². The van der Waals surface area contributed by atoms with Crippen molar-refractivity contribution in [3.05, 3.63) is 35.9 Å². The maximum atomic E-state index is 7.85. The van der Waals surface area contributed by atoms with Crippen LogP contribution in [-0.2, 0) is 0 Å². The number of anilines is 1. The van der Waals surface area contributed by atoms with E-state index < -0.39 is 0 Å². The molecule has 0 amide bonds. The lowest BCUT2D eigenvalue weighted by atomic mass is 9.99. The zero-order chi connectivity index (χ0) is 12.4. The molecule has 2 aromatic rings. The van der Waals surface area contributed by atoms with E-state index in [-0.39, 0.29) is 0 Å². The fourth-order valence-electron chi connectivity index (χ4n) is 2.08. The molecule has 0 saturated heterocycles. The van der Waals surface area contributed by atoms with Crippen LogP contribution < -0.4 is 10.1 Å². The first kappa shape index (κ1) is 11.5. The Morgan fingerprint density at radius 1 is 1.24 bits per heavy atom. The summed E-state index contributed by atoms with van der Waals surface area (Å²) < 4.78 is 5.36. The van der Waals surface area contributed by atoms with Crippen LogP contribution in [0.5, 0.6) is 5.75 Å². The van der Waals surface area contributed by atoms with Crippen molar-refractivity contribution in [1.29, 1.82) is 5.41 Å². The maximum absolute atomic E-state index is 7.85. The smallest absolute Gasteiger partial charge is 0.126 e. The number of rotatable bonds is 3. The van der Waals surface area contributed by atoms with Crippen molar-refractivity contribution in [2.45, 2.75) is 6.92 Å². The van der Waals surface area contributed by atoms with Crippen LogP contribution in [0.4, 0.5) is 5.69 Å². The van der Waals surface area contributed by atoms with Crippen molar-refractivity contribution in [2.75, 3.05) is 19.5 Å². The second kappa shape index (κ2) is 4.45. The topological polar surface area (TPSA) is 45.1 Å². The summed E-state index contributed by atoms with van der Waals surface area (Å²) in [5.74, 6) is 0.835. The lowest BCUT2D eigenvalue weighted by molar-refractivity contribution is 0.420. The Hall–Kier alpha value is -2.03. The van der Waals surface area contributed by atoms with E-state index in [4.69, 9.17) is 10.1 Å². The third-order valence-corrected chi connectivity index (χ3v) is 2.89. The molecule has 3 nitrogen and oxygen atoms in total. The SMILES string of the molecule is CNc1cccc2c(OC)ccc(C(C)=N)c12. The Morgan fingerprint density at radius 2 is 2.00 bits per heavy atom. The largest absolute Gasteiger partial charge is 0.496 e. The first-order chi connectivity index (χ1) is 8.19. The number of nitrogens with one attached hydrogen (secondary N) is 2. The summed E-state index contributed by atoms with van der Waals surface area (Å²) in [5, 5.41) is 13.1. The summed E-state index contributed by atoms with van der Waals surface area (Å²) in [5.41, 5.74) is 2.51. The molecule has 2 N–H and O–H groups in total. The van der Waals surface area contributed by atoms with Crippen molar-refractivity contribution < 1.29 is 4.74 Å². The first-order valence-corrected chi connectivity index (χ1v) is 5.52. The van der Waals surface area contributed by atoms with Crippen LogP contribution in [0.1, 0.15) is 12.5 Å². The van der Waals surface area contributed by atoms with Crippen molar-refractivity contribution in [1.82, 2.24) is 0 Å². The van der Waals surface area contributed by atoms with E-state index in [0.29, 0.717) is 5.71 Å². The van der Waals surface area contributed by atoms with Gasteiger partial charge in [-0.1, -0.05) is 12.1 Å². The van der Waals surface area contributed by atoms with E-state index >= 15 is 0 Å². The van der Waals surface area contributed by atoms with Crippen molar-refractivity contribution in [3.63, 3.8) is 0 Å². The fourth-order valence-corrected chi connectivity index (χ4v) is 2.08. The predicted molar refractivity (Wildman–Crippen MR) is 72.5 cm³/mol. The number of benzene rings is 2. The van der Waals surface area contributed by atoms with E-state index in [1.165, 1.54) is 0 Å². The molecule has 0 aliphatic heterocycles. The van der Waals surface area contributed by atoms with E-state index in [1.54, 1.807) is 14.0 Å². The lowest BCUT2D eigenvalue weighted by Crippen LogP contribution is -1.99. The molecular weight excluding hydrogens is 212 g/mol. The number of fused-ring (bicyclic) bond motifs is 1. The Kier molecular flexibility index (Phi) is 3.00. The van der Waals surface area contributed by atoms with Gasteiger partial charge in [0.25, 0.3) is 0 Å². The quantitative estimate of drug-likeness (QED) is 0.792. The highest BCUT2D eigenvalue weighted by molar-refractivity contribution is 6.14. The number of methoxy groups -OCH3 is 1. The molecular formula is C14H16N2O. The van der Waals surface area contributed by atoms with E-state index in [9.17, 15) is 0 Å². The van der Waals surface area contributed by atoms with Crippen LogP contribution in [0.2, 0.25) is 0 Å². The molecule has 0 aliphatic carbocycles. The molecule has 0 radical (unpaired) electrons. The highest BCUT2D eigenvalue weighted by Gasteiger charge is 2.10. The summed E-state index contributed by atoms with van der Waals surface area (Å²) in [7, 11) is 3.55. The van der Waals surface area contributed by atoms with Crippen molar-refractivity contribution in [2.24, 2.45) is 0 Å². The molecule has 0 atom stereocenters. The van der Waals surface area contributed by atoms with Gasteiger partial charge in [-0.3, -0.25) is 0 Å². The molecule has 0 fully saturated rings. The van der Waals surface area contributed by atoms with Gasteiger partial charge < -0.3 is 15.5 Å². The molecule has 0 aromatic heterocycles. The Morgan fingerprint density at radius 3 is 2.59 bits per heavy atom. The standard InChI is InChI=1S/C14H16N2O/c1-9(15)10-7-8-13(17-3)11-5-4-6-12(16-2)14(10)11/h4-8,15-16H,1-3H3. The van der Waals surface area contributed by atoms with Crippen molar-refractivity contribution >= 4 is 22.2 Å². The van der Waals surface area contributed by atoms with Crippen LogP contribution >= 0.6 is 0 Å². The third-order valence-electron chi connectivity index (χ3n) is 2.89. The van der Waals surface area contributed by atoms with E-state index in [0.717, 1.165) is 27.8 Å². The molecule has 0 unspecified atom stereocenters. The minimum atomic E-state index is 0.556. The molecule has 0 aliphatic rings. The minimum Gasteiger partial charge on any atom is -0.496 e. The van der Waals surface area contributed by atoms with Gasteiger partial charge in [0, 0.05) is 34.8 Å². The summed E-state index contributed by atoms with van der Waals surface area (Å²) in [4.78, 5) is 0. The van der Waals surface area contributed by atoms with Gasteiger partial charge in [-0.2, -0.15) is 0 Å². The highest BCUT2D eigenvalue weighted by atomic mass is 16.5. The summed E-state index contributed by atoms with van der Waals surface area (Å²) in [6.45, 7) is 1.80. The molecule has 3 heteroatoms. The number of hydrogen-bond acceptors (Lipinski definition) is 3.